The van der Waals surface area contributed by atoms with Gasteiger partial charge < -0.3 is 0 Å². The van der Waals surface area contributed by atoms with E-state index in [0.717, 1.165) is 17.3 Å². The first-order chi connectivity index (χ1) is 13.7. The van der Waals surface area contributed by atoms with Gasteiger partial charge in [-0.1, -0.05) is 0 Å². The van der Waals surface area contributed by atoms with Crippen LogP contribution in [-0.2, 0) is 11.6 Å². The van der Waals surface area contributed by atoms with E-state index in [1.807, 2.05) is 18.3 Å². The summed E-state index contributed by atoms with van der Waals surface area (Å²) in [6, 6.07) is 13.9. The quantitative estimate of drug-likeness (QED) is 0.473. The van der Waals surface area contributed by atoms with Crippen LogP contribution in [0.1, 0.15) is 18.2 Å². The van der Waals surface area contributed by atoms with E-state index in [1.54, 1.807) is 18.5 Å². The Morgan fingerprint density at radius 3 is 2.68 bits per heavy atom. The van der Waals surface area contributed by atoms with E-state index < -0.39 is 0 Å². The Morgan fingerprint density at radius 1 is 1.07 bits per heavy atom. The number of aromatic amines is 1. The number of aryl methyl sites for hydroxylation is 1. The van der Waals surface area contributed by atoms with E-state index >= 15 is 0 Å². The fourth-order valence-electron chi connectivity index (χ4n) is 2.68. The third kappa shape index (κ3) is 4.29. The third-order valence-corrected chi connectivity index (χ3v) is 6.66. The normalized spacial score (nSPS) is 11.3. The molecule has 0 saturated carbocycles. The average Bonchev–Trinajstić information content (AvgIpc) is 2.74. The summed E-state index contributed by atoms with van der Waals surface area (Å²) in [6.07, 6.45) is 6.08. The van der Waals surface area contributed by atoms with Gasteiger partial charge in [-0.2, -0.15) is 0 Å². The van der Waals surface area contributed by atoms with Gasteiger partial charge in [-0.3, -0.25) is 0 Å². The Hall–Kier alpha value is -2.98. The molecule has 0 atom stereocenters. The first kappa shape index (κ1) is 18.4. The van der Waals surface area contributed by atoms with Gasteiger partial charge in [0, 0.05) is 0 Å². The summed E-state index contributed by atoms with van der Waals surface area (Å²) in [4.78, 5) is 27.6. The monoisotopic (exact) mass is 433 g/mol. The first-order valence-corrected chi connectivity index (χ1v) is 11.2. The maximum absolute atomic E-state index is 12.1. The summed E-state index contributed by atoms with van der Waals surface area (Å²) < 4.78 is 7.00. The summed E-state index contributed by atoms with van der Waals surface area (Å²) in [7, 11) is 0. The van der Waals surface area contributed by atoms with Crippen molar-refractivity contribution in [3.63, 3.8) is 0 Å². The Labute approximate surface area is 168 Å². The van der Waals surface area contributed by atoms with E-state index in [9.17, 15) is 4.79 Å². The first-order valence-electron chi connectivity index (χ1n) is 8.94. The average molecular weight is 433 g/mol. The van der Waals surface area contributed by atoms with Crippen molar-refractivity contribution in [3.8, 4) is 11.8 Å². The Balaban J connectivity index is 1.42. The number of fused-ring (bicyclic) bond motifs is 1. The number of hydrogen-bond donors (Lipinski definition) is 1. The number of ether oxygens (including phenoxy) is 1. The van der Waals surface area contributed by atoms with Crippen LogP contribution in [0, 0.1) is 0 Å². The van der Waals surface area contributed by atoms with Gasteiger partial charge in [-0.05, 0) is 0 Å². The van der Waals surface area contributed by atoms with Gasteiger partial charge in [-0.15, -0.1) is 0 Å². The van der Waals surface area contributed by atoms with Gasteiger partial charge >= 0.3 is 169 Å². The molecular weight excluding hydrogens is 415 g/mol. The second-order valence-corrected chi connectivity index (χ2v) is 8.60. The SMILES string of the molecule is CCc1ccc(C[As]c2ccc(Oc3nc4cnccc4c(=O)[nH]3)cc2)nc1. The summed E-state index contributed by atoms with van der Waals surface area (Å²) >= 11 is -0.0110. The number of hydrogen-bond acceptors (Lipinski definition) is 5. The van der Waals surface area contributed by atoms with Gasteiger partial charge in [0.2, 0.25) is 0 Å². The summed E-state index contributed by atoms with van der Waals surface area (Å²) in [5.41, 5.74) is 2.65. The molecular formula is C21H18AsN4O2. The summed E-state index contributed by atoms with van der Waals surface area (Å²) in [6.45, 7) is 2.13. The molecule has 1 aromatic carbocycles. The number of nitrogens with one attached hydrogen (secondary N) is 1. The van der Waals surface area contributed by atoms with E-state index in [1.165, 1.54) is 9.91 Å². The number of rotatable bonds is 6. The number of H-pyrrole nitrogens is 1. The van der Waals surface area contributed by atoms with Crippen LogP contribution in [0.15, 0.2) is 65.8 Å². The molecule has 0 aliphatic rings. The van der Waals surface area contributed by atoms with E-state index in [0.29, 0.717) is 16.7 Å². The molecule has 0 spiro atoms. The van der Waals surface area contributed by atoms with Crippen molar-refractivity contribution in [2.75, 3.05) is 0 Å². The molecule has 28 heavy (non-hydrogen) atoms. The third-order valence-electron chi connectivity index (χ3n) is 4.26. The van der Waals surface area contributed by atoms with Crippen LogP contribution in [-0.4, -0.2) is 35.7 Å². The van der Waals surface area contributed by atoms with E-state index in [-0.39, 0.29) is 27.3 Å². The molecule has 7 heteroatoms. The molecule has 0 fully saturated rings. The maximum atomic E-state index is 12.1. The molecule has 3 aromatic heterocycles. The van der Waals surface area contributed by atoms with Crippen molar-refractivity contribution in [3.05, 3.63) is 82.7 Å². The van der Waals surface area contributed by atoms with Crippen molar-refractivity contribution in [2.45, 2.75) is 18.6 Å². The van der Waals surface area contributed by atoms with Gasteiger partial charge in [0.25, 0.3) is 0 Å². The van der Waals surface area contributed by atoms with E-state index in [4.69, 9.17) is 4.74 Å². The van der Waals surface area contributed by atoms with E-state index in [2.05, 4.69) is 51.1 Å². The van der Waals surface area contributed by atoms with Crippen molar-refractivity contribution in [1.82, 2.24) is 19.9 Å². The predicted octanol–water partition coefficient (Wildman–Crippen LogP) is 2.60. The molecule has 0 amide bonds. The van der Waals surface area contributed by atoms with Gasteiger partial charge in [0.05, 0.1) is 0 Å². The second kappa shape index (κ2) is 8.36. The fraction of sp³-hybridized carbons (Fsp3) is 0.143. The van der Waals surface area contributed by atoms with Crippen LogP contribution in [0.2, 0.25) is 0 Å². The molecule has 0 bridgehead atoms. The Bertz CT molecular complexity index is 1140. The zero-order chi connectivity index (χ0) is 19.3. The zero-order valence-corrected chi connectivity index (χ0v) is 17.2. The molecule has 6 nitrogen and oxygen atoms in total. The molecule has 139 valence electrons. The molecule has 0 aliphatic heterocycles. The number of benzene rings is 1. The Kier molecular flexibility index (Phi) is 5.49. The molecule has 0 saturated heterocycles. The molecule has 3 heterocycles. The van der Waals surface area contributed by atoms with Crippen molar-refractivity contribution < 1.29 is 4.74 Å². The second-order valence-electron chi connectivity index (χ2n) is 6.19. The summed E-state index contributed by atoms with van der Waals surface area (Å²) in [5.74, 6) is 0.627. The molecule has 0 unspecified atom stereocenters. The minimum absolute atomic E-state index is 0.0110. The molecule has 1 radical (unpaired) electrons. The van der Waals surface area contributed by atoms with Gasteiger partial charge in [0.15, 0.2) is 0 Å². The predicted molar refractivity (Wildman–Crippen MR) is 109 cm³/mol. The van der Waals surface area contributed by atoms with Crippen molar-refractivity contribution in [1.29, 1.82) is 0 Å². The molecule has 4 aromatic rings. The van der Waals surface area contributed by atoms with Crippen molar-refractivity contribution >= 4 is 31.0 Å². The molecule has 0 aliphatic carbocycles. The standard InChI is InChI=1S/C21H18AsN4O2/c1-2-14-3-6-16(24-12-14)11-22-15-4-7-17(8-5-15)28-21-25-19-13-23-10-9-18(19)20(27)26-21/h3-10,12-13H,2,11H2,1H3,(H,25,26,27). The fourth-order valence-corrected chi connectivity index (χ4v) is 4.55. The van der Waals surface area contributed by atoms with Crippen molar-refractivity contribution in [2.24, 2.45) is 0 Å². The van der Waals surface area contributed by atoms with Crippen LogP contribution < -0.4 is 14.6 Å². The van der Waals surface area contributed by atoms with Crippen LogP contribution >= 0.6 is 0 Å². The number of pyridine rings is 2. The van der Waals surface area contributed by atoms with Gasteiger partial charge in [0.1, 0.15) is 0 Å². The number of aromatic nitrogens is 4. The van der Waals surface area contributed by atoms with Gasteiger partial charge in [-0.25, -0.2) is 0 Å². The molecule has 1 N–H and O–H groups in total. The number of nitrogens with zero attached hydrogens (tertiary/aromatic N) is 3. The van der Waals surface area contributed by atoms with Crippen LogP contribution in [0.25, 0.3) is 10.9 Å². The van der Waals surface area contributed by atoms with Crippen LogP contribution in [0.3, 0.4) is 0 Å². The zero-order valence-electron chi connectivity index (χ0n) is 15.3. The Morgan fingerprint density at radius 2 is 1.93 bits per heavy atom. The van der Waals surface area contributed by atoms with Crippen LogP contribution in [0.5, 0.6) is 11.8 Å². The minimum atomic E-state index is -0.245. The van der Waals surface area contributed by atoms with Crippen LogP contribution in [0.4, 0.5) is 0 Å². The molecule has 4 rings (SSSR count). The summed E-state index contributed by atoms with van der Waals surface area (Å²) in [5, 5.41) is 1.47. The topological polar surface area (TPSA) is 80.8 Å².